The van der Waals surface area contributed by atoms with Gasteiger partial charge in [0.15, 0.2) is 11.0 Å². The molecule has 9 nitrogen and oxygen atoms in total. The fourth-order valence-corrected chi connectivity index (χ4v) is 4.34. The van der Waals surface area contributed by atoms with E-state index in [4.69, 9.17) is 11.6 Å². The molecule has 0 saturated heterocycles. The minimum atomic E-state index is -0.533. The highest BCUT2D eigenvalue weighted by Gasteiger charge is 2.20. The molecule has 2 amide bonds. The smallest absolute Gasteiger partial charge is 0.337 e. The average molecular weight is 567 g/mol. The molecule has 1 aromatic heterocycles. The Morgan fingerprint density at radius 1 is 1.21 bits per heavy atom. The van der Waals surface area contributed by atoms with Gasteiger partial charge in [0.25, 0.3) is 5.91 Å². The molecule has 0 saturated carbocycles. The quantitative estimate of drug-likeness (QED) is 0.310. The SMILES string of the molecule is COC(=O)c1ccc(Cl)c(NC(=O)CSc2nnc(C(C)NC(=O)c3ccccc3Br)n2C)c1. The van der Waals surface area contributed by atoms with Crippen LogP contribution in [-0.2, 0) is 16.6 Å². The Morgan fingerprint density at radius 3 is 2.65 bits per heavy atom. The predicted octanol–water partition coefficient (Wildman–Crippen LogP) is 4.24. The van der Waals surface area contributed by atoms with Crippen LogP contribution in [0.2, 0.25) is 5.02 Å². The van der Waals surface area contributed by atoms with Gasteiger partial charge in [0.2, 0.25) is 5.91 Å². The van der Waals surface area contributed by atoms with Crippen molar-refractivity contribution in [1.29, 1.82) is 0 Å². The van der Waals surface area contributed by atoms with E-state index < -0.39 is 12.0 Å². The number of thioether (sulfide) groups is 1. The number of ether oxygens (including phenoxy) is 1. The highest BCUT2D eigenvalue weighted by Crippen LogP contribution is 2.25. The molecule has 0 aliphatic rings. The first-order valence-corrected chi connectivity index (χ1v) is 12.1. The van der Waals surface area contributed by atoms with Crippen molar-refractivity contribution in [3.8, 4) is 0 Å². The van der Waals surface area contributed by atoms with E-state index in [1.807, 2.05) is 6.07 Å². The second-order valence-electron chi connectivity index (χ2n) is 7.10. The van der Waals surface area contributed by atoms with Crippen molar-refractivity contribution in [2.24, 2.45) is 7.05 Å². The first-order chi connectivity index (χ1) is 16.2. The zero-order chi connectivity index (χ0) is 24.8. The molecule has 2 N–H and O–H groups in total. The zero-order valence-corrected chi connectivity index (χ0v) is 21.6. The van der Waals surface area contributed by atoms with Crippen molar-refractivity contribution in [1.82, 2.24) is 20.1 Å². The first kappa shape index (κ1) is 25.7. The van der Waals surface area contributed by atoms with Crippen molar-refractivity contribution in [3.63, 3.8) is 0 Å². The molecule has 0 aliphatic heterocycles. The standard InChI is InChI=1S/C22H21BrClN5O4S/c1-12(25-20(31)14-6-4-5-7-15(14)23)19-27-28-22(29(19)2)34-11-18(30)26-17-10-13(21(32)33-3)8-9-16(17)24/h4-10,12H,11H2,1-3H3,(H,25,31)(H,26,30). The molecular formula is C22H21BrClN5O4S. The van der Waals surface area contributed by atoms with Gasteiger partial charge in [-0.1, -0.05) is 35.5 Å². The van der Waals surface area contributed by atoms with Crippen molar-refractivity contribution in [3.05, 3.63) is 68.9 Å². The van der Waals surface area contributed by atoms with Crippen LogP contribution in [-0.4, -0.2) is 45.4 Å². The summed E-state index contributed by atoms with van der Waals surface area (Å²) in [7, 11) is 3.03. The second kappa shape index (κ2) is 11.5. The van der Waals surface area contributed by atoms with Crippen molar-refractivity contribution >= 4 is 62.8 Å². The molecule has 0 bridgehead atoms. The molecule has 12 heteroatoms. The summed E-state index contributed by atoms with van der Waals surface area (Å²) >= 11 is 10.7. The number of carbonyl (C=O) groups is 3. The molecule has 0 fully saturated rings. The van der Waals surface area contributed by atoms with Gasteiger partial charge in [0, 0.05) is 11.5 Å². The number of hydrogen-bond acceptors (Lipinski definition) is 7. The Morgan fingerprint density at radius 2 is 1.94 bits per heavy atom. The van der Waals surface area contributed by atoms with E-state index in [0.717, 1.165) is 0 Å². The summed E-state index contributed by atoms with van der Waals surface area (Å²) in [5, 5.41) is 14.7. The van der Waals surface area contributed by atoms with E-state index in [0.29, 0.717) is 31.7 Å². The summed E-state index contributed by atoms with van der Waals surface area (Å²) in [5.74, 6) is -0.551. The minimum Gasteiger partial charge on any atom is -0.465 e. The highest BCUT2D eigenvalue weighted by atomic mass is 79.9. The van der Waals surface area contributed by atoms with Gasteiger partial charge in [-0.05, 0) is 53.2 Å². The lowest BCUT2D eigenvalue weighted by Crippen LogP contribution is -2.28. The van der Waals surface area contributed by atoms with Crippen molar-refractivity contribution in [2.45, 2.75) is 18.1 Å². The van der Waals surface area contributed by atoms with Crippen LogP contribution in [0.25, 0.3) is 0 Å². The van der Waals surface area contributed by atoms with Crippen LogP contribution >= 0.6 is 39.3 Å². The third-order valence-electron chi connectivity index (χ3n) is 4.72. The number of halogens is 2. The largest absolute Gasteiger partial charge is 0.465 e. The van der Waals surface area contributed by atoms with Crippen LogP contribution in [0.15, 0.2) is 52.1 Å². The van der Waals surface area contributed by atoms with Gasteiger partial charge in [-0.3, -0.25) is 9.59 Å². The number of nitrogens with one attached hydrogen (secondary N) is 2. The Labute approximate surface area is 213 Å². The van der Waals surface area contributed by atoms with E-state index in [9.17, 15) is 14.4 Å². The third-order valence-corrected chi connectivity index (χ3v) is 6.76. The lowest BCUT2D eigenvalue weighted by molar-refractivity contribution is -0.113. The van der Waals surface area contributed by atoms with Gasteiger partial charge in [-0.15, -0.1) is 10.2 Å². The summed E-state index contributed by atoms with van der Waals surface area (Å²) in [5.41, 5.74) is 1.08. The van der Waals surface area contributed by atoms with Crippen LogP contribution in [0.5, 0.6) is 0 Å². The van der Waals surface area contributed by atoms with E-state index in [-0.39, 0.29) is 23.1 Å². The summed E-state index contributed by atoms with van der Waals surface area (Å²) in [4.78, 5) is 36.7. The summed E-state index contributed by atoms with van der Waals surface area (Å²) in [6.07, 6.45) is 0. The normalized spacial score (nSPS) is 11.6. The number of carbonyl (C=O) groups excluding carboxylic acids is 3. The number of esters is 1. The minimum absolute atomic E-state index is 0.0302. The van der Waals surface area contributed by atoms with Crippen LogP contribution in [0.3, 0.4) is 0 Å². The third kappa shape index (κ3) is 6.16. The number of rotatable bonds is 8. The molecular weight excluding hydrogens is 546 g/mol. The number of anilines is 1. The maximum absolute atomic E-state index is 12.6. The number of nitrogens with zero attached hydrogens (tertiary/aromatic N) is 3. The van der Waals surface area contributed by atoms with Crippen LogP contribution in [0.4, 0.5) is 5.69 Å². The second-order valence-corrected chi connectivity index (χ2v) is 9.30. The van der Waals surface area contributed by atoms with Gasteiger partial charge in [0.05, 0.1) is 40.7 Å². The predicted molar refractivity (Wildman–Crippen MR) is 133 cm³/mol. The fourth-order valence-electron chi connectivity index (χ4n) is 3.00. The Kier molecular flexibility index (Phi) is 8.70. The Balaban J connectivity index is 1.61. The molecule has 3 rings (SSSR count). The van der Waals surface area contributed by atoms with Crippen LogP contribution in [0.1, 0.15) is 39.5 Å². The van der Waals surface area contributed by atoms with E-state index in [1.165, 1.54) is 37.1 Å². The fraction of sp³-hybridized carbons (Fsp3) is 0.227. The molecule has 0 aliphatic carbocycles. The Hall–Kier alpha value is -2.89. The number of aromatic nitrogens is 3. The lowest BCUT2D eigenvalue weighted by Gasteiger charge is -2.14. The molecule has 0 radical (unpaired) electrons. The number of methoxy groups -OCH3 is 1. The molecule has 178 valence electrons. The Bertz CT molecular complexity index is 1240. The number of benzene rings is 2. The monoisotopic (exact) mass is 565 g/mol. The maximum atomic E-state index is 12.6. The molecule has 0 spiro atoms. The van der Waals surface area contributed by atoms with Gasteiger partial charge in [0.1, 0.15) is 0 Å². The molecule has 34 heavy (non-hydrogen) atoms. The molecule has 1 unspecified atom stereocenters. The lowest BCUT2D eigenvalue weighted by atomic mass is 10.2. The summed E-state index contributed by atoms with van der Waals surface area (Å²) < 4.78 is 7.09. The highest BCUT2D eigenvalue weighted by molar-refractivity contribution is 9.10. The van der Waals surface area contributed by atoms with Crippen LogP contribution in [0, 0.1) is 0 Å². The van der Waals surface area contributed by atoms with E-state index >= 15 is 0 Å². The number of amides is 2. The summed E-state index contributed by atoms with van der Waals surface area (Å²) in [6.45, 7) is 1.80. The van der Waals surface area contributed by atoms with E-state index in [1.54, 1.807) is 36.7 Å². The topological polar surface area (TPSA) is 115 Å². The maximum Gasteiger partial charge on any atom is 0.337 e. The zero-order valence-electron chi connectivity index (χ0n) is 18.5. The summed E-state index contributed by atoms with van der Waals surface area (Å²) in [6, 6.07) is 11.2. The first-order valence-electron chi connectivity index (χ1n) is 9.96. The van der Waals surface area contributed by atoms with Gasteiger partial charge < -0.3 is 19.9 Å². The van der Waals surface area contributed by atoms with Gasteiger partial charge in [-0.25, -0.2) is 4.79 Å². The van der Waals surface area contributed by atoms with Crippen molar-refractivity contribution in [2.75, 3.05) is 18.2 Å². The average Bonchev–Trinajstić information content (AvgIpc) is 3.19. The van der Waals surface area contributed by atoms with Crippen molar-refractivity contribution < 1.29 is 19.1 Å². The molecule has 1 heterocycles. The number of hydrogen-bond donors (Lipinski definition) is 2. The van der Waals surface area contributed by atoms with Gasteiger partial charge in [-0.2, -0.15) is 0 Å². The van der Waals surface area contributed by atoms with Gasteiger partial charge >= 0.3 is 5.97 Å². The molecule has 3 aromatic rings. The molecule has 1 atom stereocenters. The van der Waals surface area contributed by atoms with E-state index in [2.05, 4.69) is 41.5 Å². The van der Waals surface area contributed by atoms with Crippen LogP contribution < -0.4 is 10.6 Å². The molecule has 2 aromatic carbocycles.